The van der Waals surface area contributed by atoms with Crippen LogP contribution in [0.25, 0.3) is 0 Å². The predicted molar refractivity (Wildman–Crippen MR) is 107 cm³/mol. The molecule has 0 aromatic heterocycles. The molecule has 0 saturated heterocycles. The summed E-state index contributed by atoms with van der Waals surface area (Å²) in [7, 11) is 0. The largest absolute Gasteiger partial charge is 0.486 e. The van der Waals surface area contributed by atoms with Crippen LogP contribution >= 0.6 is 11.6 Å². The first-order chi connectivity index (χ1) is 13.8. The quantitative estimate of drug-likeness (QED) is 0.538. The summed E-state index contributed by atoms with van der Waals surface area (Å²) in [6.07, 6.45) is 0. The predicted octanol–water partition coefficient (Wildman–Crippen LogP) is 3.91. The van der Waals surface area contributed by atoms with Gasteiger partial charge in [-0.15, -0.1) is 0 Å². The average Bonchev–Trinajstić information content (AvgIpc) is 2.70. The number of nitro groups is 1. The number of amides is 1. The zero-order valence-corrected chi connectivity index (χ0v) is 16.8. The van der Waals surface area contributed by atoms with Crippen LogP contribution in [0.4, 0.5) is 5.69 Å². The summed E-state index contributed by atoms with van der Waals surface area (Å²) < 4.78 is 16.5. The lowest BCUT2D eigenvalue weighted by atomic mass is 9.95. The summed E-state index contributed by atoms with van der Waals surface area (Å²) in [6, 6.07) is 9.28. The number of hydrogen-bond acceptors (Lipinski definition) is 6. The van der Waals surface area contributed by atoms with Gasteiger partial charge in [-0.05, 0) is 35.7 Å². The number of hydrogen-bond donors (Lipinski definition) is 1. The normalized spacial score (nSPS) is 13.7. The van der Waals surface area contributed by atoms with Gasteiger partial charge in [0.2, 0.25) is 0 Å². The summed E-state index contributed by atoms with van der Waals surface area (Å²) >= 11 is 5.79. The highest BCUT2D eigenvalue weighted by atomic mass is 35.5. The lowest BCUT2D eigenvalue weighted by molar-refractivity contribution is -0.385. The third-order valence-corrected chi connectivity index (χ3v) is 4.62. The van der Waals surface area contributed by atoms with Crippen LogP contribution in [0.3, 0.4) is 0 Å². The average molecular weight is 421 g/mol. The van der Waals surface area contributed by atoms with E-state index in [9.17, 15) is 14.9 Å². The molecule has 29 heavy (non-hydrogen) atoms. The summed E-state index contributed by atoms with van der Waals surface area (Å²) in [6.45, 7) is 4.57. The van der Waals surface area contributed by atoms with Crippen molar-refractivity contribution in [3.63, 3.8) is 0 Å². The molecule has 8 nitrogen and oxygen atoms in total. The minimum absolute atomic E-state index is 0.0185. The van der Waals surface area contributed by atoms with Gasteiger partial charge in [0.1, 0.15) is 13.2 Å². The Kier molecular flexibility index (Phi) is 6.43. The van der Waals surface area contributed by atoms with Crippen LogP contribution in [0.5, 0.6) is 17.2 Å². The molecule has 0 saturated carbocycles. The summed E-state index contributed by atoms with van der Waals surface area (Å²) in [5.74, 6) is 0.984. The highest BCUT2D eigenvalue weighted by molar-refractivity contribution is 6.30. The van der Waals surface area contributed by atoms with Gasteiger partial charge < -0.3 is 19.5 Å². The number of fused-ring (bicyclic) bond motifs is 1. The number of halogens is 1. The molecular weight excluding hydrogens is 400 g/mol. The van der Waals surface area contributed by atoms with Gasteiger partial charge in [0, 0.05) is 11.1 Å². The highest BCUT2D eigenvalue weighted by Crippen LogP contribution is 2.34. The lowest BCUT2D eigenvalue weighted by Gasteiger charge is -2.25. The molecule has 2 aromatic carbocycles. The first-order valence-electron chi connectivity index (χ1n) is 9.11. The van der Waals surface area contributed by atoms with Crippen LogP contribution in [0.15, 0.2) is 36.4 Å². The summed E-state index contributed by atoms with van der Waals surface area (Å²) in [4.78, 5) is 23.0. The van der Waals surface area contributed by atoms with Gasteiger partial charge in [-0.1, -0.05) is 31.5 Å². The van der Waals surface area contributed by atoms with Crippen molar-refractivity contribution in [1.29, 1.82) is 0 Å². The van der Waals surface area contributed by atoms with Gasteiger partial charge >= 0.3 is 5.69 Å². The molecule has 1 aliphatic rings. The van der Waals surface area contributed by atoms with Crippen LogP contribution in [0.1, 0.15) is 25.5 Å². The molecule has 3 rings (SSSR count). The van der Waals surface area contributed by atoms with E-state index in [-0.39, 0.29) is 35.0 Å². The van der Waals surface area contributed by atoms with Crippen molar-refractivity contribution in [1.82, 2.24) is 5.32 Å². The molecule has 0 bridgehead atoms. The van der Waals surface area contributed by atoms with Crippen LogP contribution in [0, 0.1) is 16.0 Å². The van der Waals surface area contributed by atoms with Crippen molar-refractivity contribution in [2.75, 3.05) is 19.8 Å². The maximum atomic E-state index is 12.5. The fraction of sp³-hybridized carbons (Fsp3) is 0.350. The Bertz CT molecular complexity index is 918. The van der Waals surface area contributed by atoms with Crippen molar-refractivity contribution in [2.45, 2.75) is 19.9 Å². The molecule has 1 heterocycles. The van der Waals surface area contributed by atoms with E-state index in [0.29, 0.717) is 24.7 Å². The molecule has 0 aliphatic carbocycles. The maximum absolute atomic E-state index is 12.5. The maximum Gasteiger partial charge on any atom is 0.312 e. The van der Waals surface area contributed by atoms with Crippen molar-refractivity contribution < 1.29 is 23.9 Å². The molecule has 2 aromatic rings. The van der Waals surface area contributed by atoms with E-state index in [2.05, 4.69) is 5.32 Å². The summed E-state index contributed by atoms with van der Waals surface area (Å²) in [5, 5.41) is 14.3. The van der Waals surface area contributed by atoms with Gasteiger partial charge in [0.15, 0.2) is 23.9 Å². The third kappa shape index (κ3) is 5.08. The molecule has 9 heteroatoms. The standard InChI is InChI=1S/C20H21ClN2O6/c1-12(2)20(13-3-5-17-18(9-13)28-8-7-27-17)22-19(24)11-29-16-6-4-14(21)10-15(16)23(25)26/h3-6,9-10,12,20H,7-8,11H2,1-2H3,(H,22,24)/t20-/m0/s1. The minimum Gasteiger partial charge on any atom is -0.486 e. The molecule has 1 atom stereocenters. The van der Waals surface area contributed by atoms with Gasteiger partial charge in [0.05, 0.1) is 11.0 Å². The van der Waals surface area contributed by atoms with Crippen LogP contribution in [0.2, 0.25) is 5.02 Å². The monoisotopic (exact) mass is 420 g/mol. The molecule has 1 amide bonds. The Morgan fingerprint density at radius 3 is 2.62 bits per heavy atom. The zero-order chi connectivity index (χ0) is 21.0. The van der Waals surface area contributed by atoms with E-state index in [4.69, 9.17) is 25.8 Å². The van der Waals surface area contributed by atoms with Crippen LogP contribution in [-0.4, -0.2) is 30.7 Å². The van der Waals surface area contributed by atoms with E-state index in [1.165, 1.54) is 18.2 Å². The first-order valence-corrected chi connectivity index (χ1v) is 9.48. The fourth-order valence-corrected chi connectivity index (χ4v) is 3.17. The first kappa shape index (κ1) is 20.7. The number of nitrogens with zero attached hydrogens (tertiary/aromatic N) is 1. The molecule has 0 spiro atoms. The van der Waals surface area contributed by atoms with Crippen molar-refractivity contribution >= 4 is 23.2 Å². The molecule has 0 fully saturated rings. The molecule has 1 aliphatic heterocycles. The summed E-state index contributed by atoms with van der Waals surface area (Å²) in [5.41, 5.74) is 0.576. The van der Waals surface area contributed by atoms with Crippen LogP contribution in [-0.2, 0) is 4.79 Å². The number of carbonyl (C=O) groups excluding carboxylic acids is 1. The van der Waals surface area contributed by atoms with Crippen molar-refractivity contribution in [3.8, 4) is 17.2 Å². The van der Waals surface area contributed by atoms with Gasteiger partial charge in [-0.25, -0.2) is 0 Å². The topological polar surface area (TPSA) is 99.9 Å². The van der Waals surface area contributed by atoms with Crippen LogP contribution < -0.4 is 19.5 Å². The van der Waals surface area contributed by atoms with Gasteiger partial charge in [-0.2, -0.15) is 0 Å². The minimum atomic E-state index is -0.606. The second-order valence-corrected chi connectivity index (χ2v) is 7.29. The lowest BCUT2D eigenvalue weighted by Crippen LogP contribution is -2.35. The van der Waals surface area contributed by atoms with E-state index >= 15 is 0 Å². The number of rotatable bonds is 7. The zero-order valence-electron chi connectivity index (χ0n) is 16.0. The smallest absolute Gasteiger partial charge is 0.312 e. The second kappa shape index (κ2) is 9.00. The van der Waals surface area contributed by atoms with Crippen molar-refractivity contribution in [2.24, 2.45) is 5.92 Å². The van der Waals surface area contributed by atoms with E-state index in [1.54, 1.807) is 0 Å². The van der Waals surface area contributed by atoms with E-state index < -0.39 is 10.8 Å². The molecule has 1 N–H and O–H groups in total. The molecular formula is C20H21ClN2O6. The van der Waals surface area contributed by atoms with E-state index in [0.717, 1.165) is 5.56 Å². The van der Waals surface area contributed by atoms with Gasteiger partial charge in [0.25, 0.3) is 5.91 Å². The molecule has 0 unspecified atom stereocenters. The Morgan fingerprint density at radius 1 is 1.21 bits per heavy atom. The third-order valence-electron chi connectivity index (χ3n) is 4.38. The number of nitrogens with one attached hydrogen (secondary N) is 1. The fourth-order valence-electron chi connectivity index (χ4n) is 3.00. The highest BCUT2D eigenvalue weighted by Gasteiger charge is 2.23. The number of nitro benzene ring substituents is 1. The Morgan fingerprint density at radius 2 is 1.93 bits per heavy atom. The van der Waals surface area contributed by atoms with E-state index in [1.807, 2.05) is 32.0 Å². The second-order valence-electron chi connectivity index (χ2n) is 6.85. The Hall–Kier alpha value is -3.00. The van der Waals surface area contributed by atoms with Gasteiger partial charge in [-0.3, -0.25) is 14.9 Å². The number of carbonyl (C=O) groups is 1. The number of benzene rings is 2. The Labute approximate surface area is 172 Å². The van der Waals surface area contributed by atoms with Crippen molar-refractivity contribution in [3.05, 3.63) is 57.1 Å². The SMILES string of the molecule is CC(C)[C@H](NC(=O)COc1ccc(Cl)cc1[N+](=O)[O-])c1ccc2c(c1)OCCO2. The molecule has 0 radical (unpaired) electrons. The molecule has 154 valence electrons. The number of ether oxygens (including phenoxy) is 3. The Balaban J connectivity index is 1.69.